The molecule has 3 aliphatic rings. The van der Waals surface area contributed by atoms with Crippen LogP contribution >= 0.6 is 0 Å². The van der Waals surface area contributed by atoms with E-state index in [1.807, 2.05) is 72.8 Å². The van der Waals surface area contributed by atoms with Crippen LogP contribution in [0.2, 0.25) is 0 Å². The number of aliphatic hydroxyl groups excluding tert-OH is 2. The molecule has 0 aromatic heterocycles. The fourth-order valence-electron chi connectivity index (χ4n) is 7.38. The Morgan fingerprint density at radius 3 is 2.32 bits per heavy atom. The first-order valence-corrected chi connectivity index (χ1v) is 17.3. The molecule has 2 amide bonds. The third-order valence-electron chi connectivity index (χ3n) is 10.2. The molecule has 0 saturated carbocycles. The molecule has 6 rings (SSSR count). The van der Waals surface area contributed by atoms with Gasteiger partial charge < -0.3 is 29.9 Å². The second-order valence-corrected chi connectivity index (χ2v) is 13.5. The van der Waals surface area contributed by atoms with Gasteiger partial charge in [0.25, 0.3) is 0 Å². The van der Waals surface area contributed by atoms with Gasteiger partial charge in [-0.15, -0.1) is 0 Å². The Hall–Kier alpha value is -3.81. The number of amides is 2. The van der Waals surface area contributed by atoms with Gasteiger partial charge in [-0.2, -0.15) is 13.2 Å². The lowest BCUT2D eigenvalue weighted by atomic mass is 9.89. The first-order valence-electron chi connectivity index (χ1n) is 17.3. The number of ether oxygens (including phenoxy) is 2. The van der Waals surface area contributed by atoms with Crippen LogP contribution in [0.4, 0.5) is 13.2 Å². The number of likely N-dealkylation sites (tertiary alicyclic amines) is 2. The highest BCUT2D eigenvalue weighted by Crippen LogP contribution is 2.43. The average molecular weight is 696 g/mol. The fourth-order valence-corrected chi connectivity index (χ4v) is 7.38. The molecule has 268 valence electrons. The lowest BCUT2D eigenvalue weighted by molar-refractivity contribution is -0.276. The molecular weight excluding hydrogens is 651 g/mol. The molecule has 0 bridgehead atoms. The molecule has 9 nitrogen and oxygen atoms in total. The molecule has 6 atom stereocenters. The summed E-state index contributed by atoms with van der Waals surface area (Å²) in [6.07, 6.45) is -3.67. The summed E-state index contributed by atoms with van der Waals surface area (Å²) in [6, 6.07) is 22.1. The van der Waals surface area contributed by atoms with Gasteiger partial charge in [-0.1, -0.05) is 67.6 Å². The number of rotatable bonds is 10. The zero-order valence-corrected chi connectivity index (χ0v) is 28.0. The second kappa shape index (κ2) is 15.6. The van der Waals surface area contributed by atoms with Gasteiger partial charge in [0.2, 0.25) is 5.91 Å². The summed E-state index contributed by atoms with van der Waals surface area (Å²) in [5.74, 6) is -2.59. The maximum atomic E-state index is 13.1. The van der Waals surface area contributed by atoms with Crippen molar-refractivity contribution in [3.63, 3.8) is 0 Å². The Kier molecular flexibility index (Phi) is 11.2. The van der Waals surface area contributed by atoms with Crippen molar-refractivity contribution in [1.82, 2.24) is 15.1 Å². The zero-order valence-electron chi connectivity index (χ0n) is 28.0. The highest BCUT2D eigenvalue weighted by atomic mass is 19.4. The molecule has 3 fully saturated rings. The Bertz CT molecular complexity index is 1640. The third-order valence-corrected chi connectivity index (χ3v) is 10.2. The quantitative estimate of drug-likeness (QED) is 0.265. The van der Waals surface area contributed by atoms with Gasteiger partial charge in [0.1, 0.15) is 6.04 Å². The predicted octanol–water partition coefficient (Wildman–Crippen LogP) is 5.26. The van der Waals surface area contributed by atoms with Gasteiger partial charge in [-0.25, -0.2) is 0 Å². The molecule has 0 aliphatic carbocycles. The second-order valence-electron chi connectivity index (χ2n) is 13.5. The molecule has 50 heavy (non-hydrogen) atoms. The highest BCUT2D eigenvalue weighted by Gasteiger charge is 2.47. The lowest BCUT2D eigenvalue weighted by Crippen LogP contribution is -2.50. The van der Waals surface area contributed by atoms with Crippen LogP contribution in [0.3, 0.4) is 0 Å². The first kappa shape index (κ1) is 36.0. The van der Waals surface area contributed by atoms with Crippen molar-refractivity contribution in [3.05, 3.63) is 95.1 Å². The standard InChI is InChI=1S/C38H44F3N3O6/c1-24-33(21-43-16-4-10-31(43)23-46)49-36(50-34(24)27-14-12-25(22-45)13-15-27)30-9-3-8-29(19-30)28-7-2-6-26(18-28)20-42-35(47)32-11-5-17-44(32)37(48)38(39,40)41/h2-3,6-9,12-15,18-19,24,31-34,36,45-46H,4-5,10-11,16-17,20-23H2,1H3,(H,42,47). The van der Waals surface area contributed by atoms with Crippen LogP contribution in [0.5, 0.6) is 0 Å². The van der Waals surface area contributed by atoms with E-state index in [9.17, 15) is 33.0 Å². The molecule has 0 spiro atoms. The van der Waals surface area contributed by atoms with E-state index < -0.39 is 30.3 Å². The summed E-state index contributed by atoms with van der Waals surface area (Å²) in [6.45, 7) is 3.73. The lowest BCUT2D eigenvalue weighted by Gasteiger charge is -2.43. The number of halogens is 3. The molecule has 12 heteroatoms. The van der Waals surface area contributed by atoms with Gasteiger partial charge in [-0.05, 0) is 72.2 Å². The molecule has 3 heterocycles. The largest absolute Gasteiger partial charge is 0.471 e. The maximum absolute atomic E-state index is 13.1. The fraction of sp³-hybridized carbons (Fsp3) is 0.474. The Balaban J connectivity index is 1.19. The number of hydrogen-bond acceptors (Lipinski definition) is 7. The predicted molar refractivity (Wildman–Crippen MR) is 179 cm³/mol. The summed E-state index contributed by atoms with van der Waals surface area (Å²) in [5, 5.41) is 22.3. The van der Waals surface area contributed by atoms with Crippen LogP contribution < -0.4 is 5.32 Å². The summed E-state index contributed by atoms with van der Waals surface area (Å²) in [5.41, 5.74) is 5.14. The van der Waals surface area contributed by atoms with E-state index in [1.165, 1.54) is 0 Å². The van der Waals surface area contributed by atoms with Crippen LogP contribution in [0.15, 0.2) is 72.8 Å². The summed E-state index contributed by atoms with van der Waals surface area (Å²) >= 11 is 0. The number of carbonyl (C=O) groups excluding carboxylic acids is 2. The van der Waals surface area contributed by atoms with Gasteiger partial charge in [0.05, 0.1) is 25.4 Å². The normalized spacial score (nSPS) is 25.9. The summed E-state index contributed by atoms with van der Waals surface area (Å²) in [7, 11) is 0. The molecule has 0 radical (unpaired) electrons. The molecule has 3 aromatic carbocycles. The SMILES string of the molecule is CC1C(CN2CCCC2CO)OC(c2cccc(-c3cccc(CNC(=O)C4CCCN4C(=O)C(F)(F)F)c3)c2)OC1c1ccc(CO)cc1. The van der Waals surface area contributed by atoms with Crippen LogP contribution in [0.1, 0.15) is 67.3 Å². The minimum Gasteiger partial charge on any atom is -0.395 e. The highest BCUT2D eigenvalue weighted by molar-refractivity contribution is 5.90. The van der Waals surface area contributed by atoms with Crippen molar-refractivity contribution in [3.8, 4) is 11.1 Å². The number of benzene rings is 3. The molecule has 3 saturated heterocycles. The van der Waals surface area contributed by atoms with Crippen molar-refractivity contribution in [1.29, 1.82) is 0 Å². The number of nitrogens with zero attached hydrogens (tertiary/aromatic N) is 2. The van der Waals surface area contributed by atoms with Crippen LogP contribution in [0, 0.1) is 5.92 Å². The minimum atomic E-state index is -5.03. The topological polar surface area (TPSA) is 112 Å². The monoisotopic (exact) mass is 695 g/mol. The van der Waals surface area contributed by atoms with E-state index in [4.69, 9.17) is 9.47 Å². The van der Waals surface area contributed by atoms with Crippen molar-refractivity contribution < 1.29 is 42.4 Å². The number of nitrogens with one attached hydrogen (secondary N) is 1. The number of hydrogen-bond donors (Lipinski definition) is 3. The minimum absolute atomic E-state index is 0.00383. The smallest absolute Gasteiger partial charge is 0.395 e. The third kappa shape index (κ3) is 8.05. The Morgan fingerprint density at radius 1 is 0.880 bits per heavy atom. The first-order chi connectivity index (χ1) is 24.0. The average Bonchev–Trinajstić information content (AvgIpc) is 3.81. The van der Waals surface area contributed by atoms with E-state index in [0.29, 0.717) is 17.9 Å². The van der Waals surface area contributed by atoms with Gasteiger partial charge in [0, 0.05) is 37.2 Å². The molecule has 3 aromatic rings. The van der Waals surface area contributed by atoms with Gasteiger partial charge >= 0.3 is 12.1 Å². The van der Waals surface area contributed by atoms with Crippen LogP contribution in [-0.4, -0.2) is 82.4 Å². The summed E-state index contributed by atoms with van der Waals surface area (Å²) in [4.78, 5) is 27.6. The van der Waals surface area contributed by atoms with E-state index >= 15 is 0 Å². The number of carbonyl (C=O) groups is 2. The number of aliphatic hydroxyl groups is 2. The van der Waals surface area contributed by atoms with Gasteiger partial charge in [-0.3, -0.25) is 14.5 Å². The van der Waals surface area contributed by atoms with Crippen molar-refractivity contribution in [2.24, 2.45) is 5.92 Å². The van der Waals surface area contributed by atoms with E-state index in [1.54, 1.807) is 0 Å². The number of alkyl halides is 3. The van der Waals surface area contributed by atoms with Gasteiger partial charge in [0.15, 0.2) is 6.29 Å². The van der Waals surface area contributed by atoms with Crippen LogP contribution in [-0.2, 0) is 32.2 Å². The zero-order chi connectivity index (χ0) is 35.4. The van der Waals surface area contributed by atoms with Crippen molar-refractivity contribution in [2.45, 2.75) is 82.5 Å². The van der Waals surface area contributed by atoms with Crippen LogP contribution in [0.25, 0.3) is 11.1 Å². The molecule has 3 N–H and O–H groups in total. The maximum Gasteiger partial charge on any atom is 0.471 e. The van der Waals surface area contributed by atoms with E-state index in [2.05, 4.69) is 17.1 Å². The molecule has 6 unspecified atom stereocenters. The van der Waals surface area contributed by atoms with E-state index in [-0.39, 0.29) is 56.9 Å². The van der Waals surface area contributed by atoms with Crippen molar-refractivity contribution >= 4 is 11.8 Å². The summed E-state index contributed by atoms with van der Waals surface area (Å²) < 4.78 is 52.5. The Labute approximate surface area is 290 Å². The van der Waals surface area contributed by atoms with Crippen molar-refractivity contribution in [2.75, 3.05) is 26.2 Å². The Morgan fingerprint density at radius 2 is 1.60 bits per heavy atom. The van der Waals surface area contributed by atoms with E-state index in [0.717, 1.165) is 52.8 Å². The molecule has 3 aliphatic heterocycles. The molecular formula is C38H44F3N3O6.